The van der Waals surface area contributed by atoms with Gasteiger partial charge in [-0.05, 0) is 57.7 Å². The summed E-state index contributed by atoms with van der Waals surface area (Å²) in [4.78, 5) is 30.7. The Labute approximate surface area is 223 Å². The summed E-state index contributed by atoms with van der Waals surface area (Å²) >= 11 is 0. The Bertz CT molecular complexity index is 1410. The maximum atomic E-state index is 14.4. The van der Waals surface area contributed by atoms with E-state index >= 15 is 0 Å². The van der Waals surface area contributed by atoms with Gasteiger partial charge in [-0.1, -0.05) is 0 Å². The number of ether oxygens (including phenoxy) is 2. The number of alkyl carbamates (subject to hydrolysis) is 1. The Morgan fingerprint density at radius 3 is 2.62 bits per heavy atom. The van der Waals surface area contributed by atoms with Crippen LogP contribution in [0.4, 0.5) is 19.3 Å². The number of H-pyrrole nitrogens is 1. The smallest absolute Gasteiger partial charge is 0.407 e. The maximum absolute atomic E-state index is 14.4. The lowest BCUT2D eigenvalue weighted by molar-refractivity contribution is -0.121. The predicted molar refractivity (Wildman–Crippen MR) is 137 cm³/mol. The molecule has 1 aliphatic heterocycles. The quantitative estimate of drug-likeness (QED) is 0.400. The summed E-state index contributed by atoms with van der Waals surface area (Å²) in [6, 6.07) is 5.69. The molecule has 3 aliphatic rings. The molecule has 2 saturated carbocycles. The van der Waals surface area contributed by atoms with Gasteiger partial charge in [-0.2, -0.15) is 5.10 Å². The predicted octanol–water partition coefficient (Wildman–Crippen LogP) is 4.77. The molecule has 1 aromatic carbocycles. The van der Waals surface area contributed by atoms with Gasteiger partial charge in [0.25, 0.3) is 0 Å². The maximum Gasteiger partial charge on any atom is 0.407 e. The van der Waals surface area contributed by atoms with Crippen molar-refractivity contribution in [2.45, 2.75) is 51.6 Å². The minimum Gasteiger partial charge on any atom is -0.493 e. The molecule has 3 N–H and O–H groups in total. The van der Waals surface area contributed by atoms with Crippen molar-refractivity contribution in [3.8, 4) is 17.0 Å². The van der Waals surface area contributed by atoms with Gasteiger partial charge in [0.1, 0.15) is 11.9 Å². The number of hydrogen-bond acceptors (Lipinski definition) is 6. The number of rotatable bonds is 7. The van der Waals surface area contributed by atoms with Gasteiger partial charge in [0, 0.05) is 40.8 Å². The first-order chi connectivity index (χ1) is 18.7. The first-order valence-corrected chi connectivity index (χ1v) is 13.1. The number of hydrogen-bond donors (Lipinski definition) is 3. The van der Waals surface area contributed by atoms with E-state index < -0.39 is 35.0 Å². The van der Waals surface area contributed by atoms with Crippen molar-refractivity contribution in [2.75, 3.05) is 18.5 Å². The normalized spacial score (nSPS) is 19.5. The fraction of sp³-hybridized carbons (Fsp3) is 0.429. The number of fused-ring (bicyclic) bond motifs is 1. The van der Waals surface area contributed by atoms with Crippen molar-refractivity contribution in [3.05, 3.63) is 59.0 Å². The summed E-state index contributed by atoms with van der Waals surface area (Å²) in [5.41, 5.74) is 3.80. The van der Waals surface area contributed by atoms with Crippen LogP contribution in [0.2, 0.25) is 0 Å². The van der Waals surface area contributed by atoms with E-state index in [2.05, 4.69) is 25.8 Å². The fourth-order valence-electron chi connectivity index (χ4n) is 5.53. The summed E-state index contributed by atoms with van der Waals surface area (Å²) in [5, 5.41) is 12.8. The molecule has 2 atom stereocenters. The van der Waals surface area contributed by atoms with Crippen LogP contribution in [0, 0.1) is 36.8 Å². The van der Waals surface area contributed by atoms with Crippen LogP contribution in [0.1, 0.15) is 48.6 Å². The van der Waals surface area contributed by atoms with Crippen LogP contribution in [-0.4, -0.2) is 46.4 Å². The number of carbonyl (C=O) groups is 2. The van der Waals surface area contributed by atoms with Gasteiger partial charge in [0.2, 0.25) is 5.91 Å². The Kier molecular flexibility index (Phi) is 6.23. The molecule has 0 saturated heterocycles. The minimum absolute atomic E-state index is 0.0405. The van der Waals surface area contributed by atoms with Gasteiger partial charge >= 0.3 is 6.09 Å². The fourth-order valence-corrected chi connectivity index (χ4v) is 5.53. The van der Waals surface area contributed by atoms with Gasteiger partial charge in [-0.25, -0.2) is 13.6 Å². The molecule has 0 bridgehead atoms. The molecule has 9 nitrogen and oxygen atoms in total. The molecule has 204 valence electrons. The lowest BCUT2D eigenvalue weighted by Gasteiger charge is -2.38. The van der Waals surface area contributed by atoms with E-state index in [-0.39, 0.29) is 30.9 Å². The van der Waals surface area contributed by atoms with Crippen molar-refractivity contribution in [3.63, 3.8) is 0 Å². The molecule has 3 heterocycles. The second-order valence-corrected chi connectivity index (χ2v) is 10.8. The first-order valence-electron chi connectivity index (χ1n) is 13.1. The Hall–Kier alpha value is -4.02. The van der Waals surface area contributed by atoms with Gasteiger partial charge < -0.3 is 20.1 Å². The number of aromatic nitrogens is 3. The number of nitrogens with one attached hydrogen (secondary N) is 3. The first kappa shape index (κ1) is 25.3. The Morgan fingerprint density at radius 1 is 1.21 bits per heavy atom. The highest BCUT2D eigenvalue weighted by molar-refractivity contribution is 5.94. The lowest BCUT2D eigenvalue weighted by atomic mass is 9.72. The van der Waals surface area contributed by atoms with E-state index in [1.54, 1.807) is 18.3 Å². The largest absolute Gasteiger partial charge is 0.493 e. The van der Waals surface area contributed by atoms with E-state index in [0.717, 1.165) is 54.8 Å². The standard InChI is InChI=1S/C28H29F2N5O4/c1-14-24(15(2)35-34-14)22-6-3-16(11-31-22)33-26(36)19(12-32-27(37)39-17-4-5-17)25-18-9-20(29)21(30)10-23(18)38-13-28(25)7-8-28/h3,6,9-11,17,19,25H,4-5,7-8,12-13H2,1-2H3,(H,32,37)(H,33,36)(H,34,35)/t19-,25?/m0/s1. The molecule has 2 aromatic heterocycles. The van der Waals surface area contributed by atoms with E-state index in [0.29, 0.717) is 16.9 Å². The number of anilines is 1. The average molecular weight is 538 g/mol. The molecule has 11 heteroatoms. The second kappa shape index (κ2) is 9.62. The minimum atomic E-state index is -1.01. The third-order valence-electron chi connectivity index (χ3n) is 7.87. The molecular weight excluding hydrogens is 508 g/mol. The van der Waals surface area contributed by atoms with Crippen LogP contribution in [0.25, 0.3) is 11.3 Å². The number of aryl methyl sites for hydroxylation is 2. The number of aromatic amines is 1. The van der Waals surface area contributed by atoms with Crippen molar-refractivity contribution < 1.29 is 27.8 Å². The molecule has 2 amide bonds. The zero-order chi connectivity index (χ0) is 27.3. The van der Waals surface area contributed by atoms with Gasteiger partial charge in [-0.15, -0.1) is 0 Å². The van der Waals surface area contributed by atoms with Gasteiger partial charge in [-0.3, -0.25) is 14.9 Å². The number of halogens is 2. The van der Waals surface area contributed by atoms with Crippen LogP contribution in [-0.2, 0) is 9.53 Å². The highest BCUT2D eigenvalue weighted by Gasteiger charge is 2.57. The van der Waals surface area contributed by atoms with Gasteiger partial charge in [0.05, 0.1) is 35.8 Å². The number of benzene rings is 1. The topological polar surface area (TPSA) is 118 Å². The summed E-state index contributed by atoms with van der Waals surface area (Å²) in [7, 11) is 0. The highest BCUT2D eigenvalue weighted by atomic mass is 19.2. The molecule has 39 heavy (non-hydrogen) atoms. The summed E-state index contributed by atoms with van der Waals surface area (Å²) in [6.07, 6.45) is 4.04. The highest BCUT2D eigenvalue weighted by Crippen LogP contribution is 2.62. The average Bonchev–Trinajstić information content (AvgIpc) is 3.84. The summed E-state index contributed by atoms with van der Waals surface area (Å²) < 4.78 is 39.5. The molecule has 6 rings (SSSR count). The number of pyridine rings is 1. The third-order valence-corrected chi connectivity index (χ3v) is 7.87. The van der Waals surface area contributed by atoms with E-state index in [1.165, 1.54) is 0 Å². The number of carbonyl (C=O) groups excluding carboxylic acids is 2. The van der Waals surface area contributed by atoms with E-state index in [4.69, 9.17) is 9.47 Å². The second-order valence-electron chi connectivity index (χ2n) is 10.8. The molecule has 1 spiro atoms. The summed E-state index contributed by atoms with van der Waals surface area (Å²) in [6.45, 7) is 4.04. The van der Waals surface area contributed by atoms with Crippen LogP contribution in [0.5, 0.6) is 5.75 Å². The zero-order valence-corrected chi connectivity index (χ0v) is 21.6. The van der Waals surface area contributed by atoms with Crippen LogP contribution in [0.3, 0.4) is 0 Å². The Morgan fingerprint density at radius 2 is 1.97 bits per heavy atom. The molecular formula is C28H29F2N5O4. The zero-order valence-electron chi connectivity index (χ0n) is 21.6. The number of amides is 2. The Balaban J connectivity index is 1.28. The molecule has 2 fully saturated rings. The lowest BCUT2D eigenvalue weighted by Crippen LogP contribution is -2.44. The summed E-state index contributed by atoms with van der Waals surface area (Å²) in [5.74, 6) is -3.48. The van der Waals surface area contributed by atoms with Crippen LogP contribution < -0.4 is 15.4 Å². The molecule has 2 aliphatic carbocycles. The van der Waals surface area contributed by atoms with Crippen molar-refractivity contribution in [1.29, 1.82) is 0 Å². The van der Waals surface area contributed by atoms with Crippen molar-refractivity contribution in [1.82, 2.24) is 20.5 Å². The van der Waals surface area contributed by atoms with Crippen molar-refractivity contribution in [2.24, 2.45) is 11.3 Å². The third kappa shape index (κ3) is 4.93. The van der Waals surface area contributed by atoms with E-state index in [1.807, 2.05) is 13.8 Å². The molecule has 3 aromatic rings. The van der Waals surface area contributed by atoms with Crippen LogP contribution >= 0.6 is 0 Å². The molecule has 1 unspecified atom stereocenters. The molecule has 0 radical (unpaired) electrons. The SMILES string of the molecule is Cc1n[nH]c(C)c1-c1ccc(NC(=O)[C@@H](CNC(=O)OC2CC2)C2c3cc(F)c(F)cc3OCC23CC3)cn1. The number of nitrogens with zero attached hydrogens (tertiary/aromatic N) is 2. The van der Waals surface area contributed by atoms with E-state index in [9.17, 15) is 18.4 Å². The van der Waals surface area contributed by atoms with Crippen molar-refractivity contribution >= 4 is 17.7 Å². The monoisotopic (exact) mass is 537 g/mol. The van der Waals surface area contributed by atoms with Gasteiger partial charge in [0.15, 0.2) is 11.6 Å². The van der Waals surface area contributed by atoms with Crippen LogP contribution in [0.15, 0.2) is 30.5 Å².